The summed E-state index contributed by atoms with van der Waals surface area (Å²) in [5.74, 6) is -1.45. The van der Waals surface area contributed by atoms with Gasteiger partial charge in [0.1, 0.15) is 12.1 Å². The van der Waals surface area contributed by atoms with Crippen LogP contribution in [0.1, 0.15) is 76.6 Å². The van der Waals surface area contributed by atoms with Gasteiger partial charge in [-0.1, -0.05) is 46.8 Å². The number of nitrogens with zero attached hydrogens (tertiary/aromatic N) is 2. The fourth-order valence-electron chi connectivity index (χ4n) is 5.03. The molecule has 1 aliphatic heterocycles. The Labute approximate surface area is 233 Å². The molecule has 0 spiro atoms. The lowest BCUT2D eigenvalue weighted by Crippen LogP contribution is -2.59. The summed E-state index contributed by atoms with van der Waals surface area (Å²) >= 11 is 1.59. The SMILES string of the molecule is Cc1ncsc1-c1ccc(CNC(=O)[C@@H]2C[C@@H](O)CN2C(=O)C(NC(=O)C2(F)CC2)C(C)(C)C)c(C(C)C)c1. The van der Waals surface area contributed by atoms with Crippen molar-refractivity contribution in [1.29, 1.82) is 0 Å². The van der Waals surface area contributed by atoms with E-state index >= 15 is 0 Å². The number of benzene rings is 1. The van der Waals surface area contributed by atoms with E-state index in [2.05, 4.69) is 35.5 Å². The summed E-state index contributed by atoms with van der Waals surface area (Å²) in [5.41, 5.74) is 3.32. The smallest absolute Gasteiger partial charge is 0.258 e. The summed E-state index contributed by atoms with van der Waals surface area (Å²) in [7, 11) is 0. The van der Waals surface area contributed by atoms with Gasteiger partial charge in [-0.05, 0) is 53.9 Å². The number of alkyl halides is 1. The van der Waals surface area contributed by atoms with E-state index in [1.807, 2.05) is 24.6 Å². The minimum absolute atomic E-state index is 0.0275. The standard InChI is InChI=1S/C29H39FN4O4S/c1-16(2)21-11-18(23-17(3)32-15-39-23)7-8-19(21)13-31-25(36)22-12-20(35)14-34(22)26(37)24(28(4,5)6)33-27(38)29(30)9-10-29/h7-8,11,15-16,20,22,24,35H,9-10,12-14H2,1-6H3,(H,31,36)(H,33,38)/t20-,22+,24?/m1/s1. The number of likely N-dealkylation sites (tertiary alicyclic amines) is 1. The van der Waals surface area contributed by atoms with E-state index in [0.29, 0.717) is 0 Å². The molecule has 212 valence electrons. The number of thiazole rings is 1. The number of rotatable bonds is 8. The second kappa shape index (κ2) is 11.0. The average Bonchev–Trinajstić information content (AvgIpc) is 3.28. The number of carbonyl (C=O) groups excluding carboxylic acids is 3. The van der Waals surface area contributed by atoms with Gasteiger partial charge in [0.05, 0.1) is 22.2 Å². The van der Waals surface area contributed by atoms with Crippen LogP contribution in [0.15, 0.2) is 23.7 Å². The average molecular weight is 559 g/mol. The number of carbonyl (C=O) groups is 3. The van der Waals surface area contributed by atoms with Gasteiger partial charge in [0.2, 0.25) is 11.8 Å². The van der Waals surface area contributed by atoms with Crippen LogP contribution in [-0.4, -0.2) is 63.1 Å². The van der Waals surface area contributed by atoms with Crippen molar-refractivity contribution in [2.45, 2.75) is 97.1 Å². The molecule has 0 radical (unpaired) electrons. The van der Waals surface area contributed by atoms with E-state index in [1.165, 1.54) is 4.90 Å². The Morgan fingerprint density at radius 3 is 2.51 bits per heavy atom. The fraction of sp³-hybridized carbons (Fsp3) is 0.586. The van der Waals surface area contributed by atoms with Crippen LogP contribution < -0.4 is 10.6 Å². The first-order valence-electron chi connectivity index (χ1n) is 13.5. The zero-order valence-corrected chi connectivity index (χ0v) is 24.3. The number of nitrogens with one attached hydrogen (secondary N) is 2. The van der Waals surface area contributed by atoms with Gasteiger partial charge in [-0.25, -0.2) is 9.37 Å². The Kier molecular flexibility index (Phi) is 8.19. The number of amides is 3. The third-order valence-electron chi connectivity index (χ3n) is 7.58. The van der Waals surface area contributed by atoms with Crippen LogP contribution in [0, 0.1) is 12.3 Å². The van der Waals surface area contributed by atoms with Crippen molar-refractivity contribution in [2.75, 3.05) is 6.54 Å². The van der Waals surface area contributed by atoms with E-state index in [0.717, 1.165) is 27.3 Å². The molecule has 8 nitrogen and oxygen atoms in total. The molecule has 1 saturated carbocycles. The van der Waals surface area contributed by atoms with Gasteiger partial charge in [0.15, 0.2) is 5.67 Å². The number of hydrogen-bond acceptors (Lipinski definition) is 6. The normalized spacial score (nSPS) is 21.1. The molecular formula is C29H39FN4O4S. The maximum Gasteiger partial charge on any atom is 0.258 e. The van der Waals surface area contributed by atoms with Gasteiger partial charge in [0.25, 0.3) is 5.91 Å². The zero-order chi connectivity index (χ0) is 28.7. The minimum Gasteiger partial charge on any atom is -0.391 e. The summed E-state index contributed by atoms with van der Waals surface area (Å²) in [6.45, 7) is 11.8. The van der Waals surface area contributed by atoms with Crippen LogP contribution in [0.25, 0.3) is 10.4 Å². The second-order valence-electron chi connectivity index (χ2n) is 12.2. The van der Waals surface area contributed by atoms with Gasteiger partial charge >= 0.3 is 0 Å². The van der Waals surface area contributed by atoms with Crippen LogP contribution in [0.3, 0.4) is 0 Å². The molecule has 2 fully saturated rings. The van der Waals surface area contributed by atoms with E-state index in [-0.39, 0.29) is 44.2 Å². The van der Waals surface area contributed by atoms with Crippen LogP contribution in [-0.2, 0) is 20.9 Å². The summed E-state index contributed by atoms with van der Waals surface area (Å²) in [6.07, 6.45) is -0.498. The van der Waals surface area contributed by atoms with Gasteiger partial charge in [0, 0.05) is 19.5 Å². The number of β-amino-alcohol motifs (C(OH)–C–C–N with tert-alkyl or cyclic N) is 1. The highest BCUT2D eigenvalue weighted by Crippen LogP contribution is 2.40. The molecule has 2 heterocycles. The number of halogens is 1. The molecule has 1 aromatic carbocycles. The van der Waals surface area contributed by atoms with E-state index in [4.69, 9.17) is 0 Å². The van der Waals surface area contributed by atoms with E-state index < -0.39 is 41.1 Å². The maximum atomic E-state index is 14.4. The predicted octanol–water partition coefficient (Wildman–Crippen LogP) is 3.85. The molecule has 1 saturated heterocycles. The van der Waals surface area contributed by atoms with Crippen LogP contribution in [0.5, 0.6) is 0 Å². The molecule has 2 aliphatic rings. The monoisotopic (exact) mass is 558 g/mol. The predicted molar refractivity (Wildman–Crippen MR) is 149 cm³/mol. The van der Waals surface area contributed by atoms with Crippen molar-refractivity contribution in [1.82, 2.24) is 20.5 Å². The van der Waals surface area contributed by atoms with Gasteiger partial charge in [-0.2, -0.15) is 0 Å². The van der Waals surface area contributed by atoms with Crippen LogP contribution in [0.2, 0.25) is 0 Å². The Bertz CT molecular complexity index is 1250. The minimum atomic E-state index is -1.92. The van der Waals surface area contributed by atoms with Crippen LogP contribution in [0.4, 0.5) is 4.39 Å². The highest BCUT2D eigenvalue weighted by molar-refractivity contribution is 7.13. The molecule has 39 heavy (non-hydrogen) atoms. The Morgan fingerprint density at radius 1 is 1.26 bits per heavy atom. The first-order chi connectivity index (χ1) is 18.2. The summed E-state index contributed by atoms with van der Waals surface area (Å²) in [6, 6.07) is 4.24. The number of aliphatic hydroxyl groups excluding tert-OH is 1. The molecule has 3 atom stereocenters. The zero-order valence-electron chi connectivity index (χ0n) is 23.5. The molecule has 3 N–H and O–H groups in total. The van der Waals surface area contributed by atoms with Crippen molar-refractivity contribution in [2.24, 2.45) is 5.41 Å². The topological polar surface area (TPSA) is 112 Å². The largest absolute Gasteiger partial charge is 0.391 e. The fourth-order valence-corrected chi connectivity index (χ4v) is 5.83. The first kappa shape index (κ1) is 29.1. The Balaban J connectivity index is 1.49. The van der Waals surface area contributed by atoms with Crippen molar-refractivity contribution in [3.63, 3.8) is 0 Å². The van der Waals surface area contributed by atoms with Crippen molar-refractivity contribution >= 4 is 29.1 Å². The van der Waals surface area contributed by atoms with Gasteiger partial charge in [-0.15, -0.1) is 11.3 Å². The lowest BCUT2D eigenvalue weighted by molar-refractivity contribution is -0.145. The lowest BCUT2D eigenvalue weighted by atomic mass is 9.85. The number of aryl methyl sites for hydroxylation is 1. The Morgan fingerprint density at radius 2 is 1.95 bits per heavy atom. The maximum absolute atomic E-state index is 14.4. The van der Waals surface area contributed by atoms with Gasteiger partial charge in [-0.3, -0.25) is 14.4 Å². The van der Waals surface area contributed by atoms with Crippen molar-refractivity contribution in [3.05, 3.63) is 40.5 Å². The molecule has 1 unspecified atom stereocenters. The molecular weight excluding hydrogens is 519 g/mol. The quantitative estimate of drug-likeness (QED) is 0.456. The van der Waals surface area contributed by atoms with Crippen LogP contribution >= 0.6 is 11.3 Å². The first-order valence-corrected chi connectivity index (χ1v) is 14.4. The molecule has 4 rings (SSSR count). The van der Waals surface area contributed by atoms with Gasteiger partial charge < -0.3 is 20.6 Å². The highest BCUT2D eigenvalue weighted by atomic mass is 32.1. The van der Waals surface area contributed by atoms with Crippen molar-refractivity contribution in [3.8, 4) is 10.4 Å². The van der Waals surface area contributed by atoms with E-state index in [9.17, 15) is 23.9 Å². The third-order valence-corrected chi connectivity index (χ3v) is 8.56. The lowest BCUT2D eigenvalue weighted by Gasteiger charge is -2.35. The molecule has 0 bridgehead atoms. The Hall–Kier alpha value is -2.85. The molecule has 10 heteroatoms. The number of aliphatic hydroxyl groups is 1. The summed E-state index contributed by atoms with van der Waals surface area (Å²) < 4.78 is 14.4. The van der Waals surface area contributed by atoms with Crippen molar-refractivity contribution < 1.29 is 23.9 Å². The summed E-state index contributed by atoms with van der Waals surface area (Å²) in [5, 5.41) is 15.9. The third kappa shape index (κ3) is 6.32. The number of hydrogen-bond donors (Lipinski definition) is 3. The second-order valence-corrected chi connectivity index (χ2v) is 13.0. The molecule has 2 aromatic rings. The molecule has 3 amide bonds. The highest BCUT2D eigenvalue weighted by Gasteiger charge is 2.53. The molecule has 1 aliphatic carbocycles. The number of aromatic nitrogens is 1. The van der Waals surface area contributed by atoms with E-state index in [1.54, 1.807) is 32.1 Å². The molecule has 1 aromatic heterocycles. The summed E-state index contributed by atoms with van der Waals surface area (Å²) in [4.78, 5) is 46.2.